The van der Waals surface area contributed by atoms with Crippen LogP contribution in [0.2, 0.25) is 0 Å². The van der Waals surface area contributed by atoms with E-state index in [-0.39, 0.29) is 11.9 Å². The molecule has 0 aliphatic heterocycles. The predicted molar refractivity (Wildman–Crippen MR) is 78.8 cm³/mol. The Hall–Kier alpha value is -1.39. The summed E-state index contributed by atoms with van der Waals surface area (Å²) in [7, 11) is 3.57. The molecule has 1 amide bonds. The van der Waals surface area contributed by atoms with E-state index < -0.39 is 0 Å². The van der Waals surface area contributed by atoms with Crippen molar-refractivity contribution in [3.63, 3.8) is 0 Å². The maximum absolute atomic E-state index is 11.9. The number of nitrogens with two attached hydrogens (primary N) is 1. The maximum atomic E-state index is 11.9. The van der Waals surface area contributed by atoms with E-state index >= 15 is 0 Å². The zero-order chi connectivity index (χ0) is 14.3. The lowest BCUT2D eigenvalue weighted by molar-refractivity contribution is -0.130. The molecule has 19 heavy (non-hydrogen) atoms. The summed E-state index contributed by atoms with van der Waals surface area (Å²) in [6, 6.07) is 10.3. The molecule has 1 unspecified atom stereocenters. The summed E-state index contributed by atoms with van der Waals surface area (Å²) >= 11 is 0. The second kappa shape index (κ2) is 7.92. The number of amides is 1. The van der Waals surface area contributed by atoms with Gasteiger partial charge in [-0.2, -0.15) is 0 Å². The highest BCUT2D eigenvalue weighted by molar-refractivity contribution is 5.77. The van der Waals surface area contributed by atoms with E-state index in [0.717, 1.165) is 13.0 Å². The van der Waals surface area contributed by atoms with Crippen LogP contribution in [0.25, 0.3) is 0 Å². The van der Waals surface area contributed by atoms with Gasteiger partial charge in [0.1, 0.15) is 0 Å². The minimum absolute atomic E-state index is 0.102. The highest BCUT2D eigenvalue weighted by Crippen LogP contribution is 2.19. The fraction of sp³-hybridized carbons (Fsp3) is 0.533. The van der Waals surface area contributed by atoms with Crippen LogP contribution in [-0.4, -0.2) is 49.4 Å². The van der Waals surface area contributed by atoms with Crippen molar-refractivity contribution in [2.24, 2.45) is 5.73 Å². The molecular weight excluding hydrogens is 238 g/mol. The predicted octanol–water partition coefficient (Wildman–Crippen LogP) is 1.49. The Kier molecular flexibility index (Phi) is 6.53. The molecule has 0 aromatic heterocycles. The van der Waals surface area contributed by atoms with Crippen molar-refractivity contribution < 1.29 is 4.79 Å². The highest BCUT2D eigenvalue weighted by atomic mass is 16.2. The third-order valence-corrected chi connectivity index (χ3v) is 3.20. The summed E-state index contributed by atoms with van der Waals surface area (Å²) in [5.74, 6) is 0.114. The number of hydrogen-bond acceptors (Lipinski definition) is 3. The number of likely N-dealkylation sites (N-methyl/N-ethyl adjacent to an activating group) is 1. The first kappa shape index (κ1) is 15.7. The van der Waals surface area contributed by atoms with Gasteiger partial charge in [0.15, 0.2) is 0 Å². The van der Waals surface area contributed by atoms with Crippen LogP contribution in [0.15, 0.2) is 30.3 Å². The number of carbonyl (C=O) groups excluding carboxylic acids is 1. The van der Waals surface area contributed by atoms with E-state index in [1.54, 1.807) is 19.0 Å². The summed E-state index contributed by atoms with van der Waals surface area (Å²) in [5, 5.41) is 0. The van der Waals surface area contributed by atoms with Gasteiger partial charge < -0.3 is 10.6 Å². The van der Waals surface area contributed by atoms with E-state index in [1.807, 2.05) is 18.2 Å². The molecule has 0 aliphatic rings. The van der Waals surface area contributed by atoms with Crippen molar-refractivity contribution in [2.45, 2.75) is 19.4 Å². The smallest absolute Gasteiger partial charge is 0.236 e. The van der Waals surface area contributed by atoms with Crippen molar-refractivity contribution >= 4 is 5.91 Å². The van der Waals surface area contributed by atoms with Gasteiger partial charge in [0, 0.05) is 26.7 Å². The van der Waals surface area contributed by atoms with Crippen molar-refractivity contribution in [1.29, 1.82) is 0 Å². The van der Waals surface area contributed by atoms with E-state index in [9.17, 15) is 4.79 Å². The standard InChI is InChI=1S/C15H25N3O/c1-4-10-18(12-15(19)17(2)3)14(11-16)13-8-6-5-7-9-13/h5-9,14H,4,10-12,16H2,1-3H3. The highest BCUT2D eigenvalue weighted by Gasteiger charge is 2.21. The molecule has 2 N–H and O–H groups in total. The molecule has 106 valence electrons. The summed E-state index contributed by atoms with van der Waals surface area (Å²) in [4.78, 5) is 15.7. The summed E-state index contributed by atoms with van der Waals surface area (Å²) < 4.78 is 0. The first-order valence-electron chi connectivity index (χ1n) is 6.79. The fourth-order valence-electron chi connectivity index (χ4n) is 2.12. The Morgan fingerprint density at radius 1 is 1.26 bits per heavy atom. The molecule has 1 rings (SSSR count). The monoisotopic (exact) mass is 263 g/mol. The fourth-order valence-corrected chi connectivity index (χ4v) is 2.12. The molecule has 4 heteroatoms. The van der Waals surface area contributed by atoms with Crippen LogP contribution >= 0.6 is 0 Å². The molecule has 1 aromatic rings. The van der Waals surface area contributed by atoms with Crippen molar-refractivity contribution in [1.82, 2.24) is 9.80 Å². The topological polar surface area (TPSA) is 49.6 Å². The lowest BCUT2D eigenvalue weighted by atomic mass is 10.0. The average molecular weight is 263 g/mol. The van der Waals surface area contributed by atoms with E-state index in [2.05, 4.69) is 24.0 Å². The van der Waals surface area contributed by atoms with Gasteiger partial charge in [0.25, 0.3) is 0 Å². The molecule has 1 aromatic carbocycles. The number of nitrogens with zero attached hydrogens (tertiary/aromatic N) is 2. The van der Waals surface area contributed by atoms with E-state index in [4.69, 9.17) is 5.73 Å². The van der Waals surface area contributed by atoms with Gasteiger partial charge in [-0.15, -0.1) is 0 Å². The van der Waals surface area contributed by atoms with Crippen molar-refractivity contribution in [3.05, 3.63) is 35.9 Å². The molecule has 0 radical (unpaired) electrons. The molecular formula is C15H25N3O. The number of rotatable bonds is 7. The Morgan fingerprint density at radius 3 is 2.37 bits per heavy atom. The van der Waals surface area contributed by atoms with Crippen LogP contribution < -0.4 is 5.73 Å². The third-order valence-electron chi connectivity index (χ3n) is 3.20. The molecule has 0 saturated heterocycles. The maximum Gasteiger partial charge on any atom is 0.236 e. The van der Waals surface area contributed by atoms with Crippen molar-refractivity contribution in [2.75, 3.05) is 33.7 Å². The zero-order valence-electron chi connectivity index (χ0n) is 12.2. The van der Waals surface area contributed by atoms with Crippen LogP contribution in [-0.2, 0) is 4.79 Å². The first-order chi connectivity index (χ1) is 9.10. The minimum atomic E-state index is 0.102. The SMILES string of the molecule is CCCN(CC(=O)N(C)C)C(CN)c1ccccc1. The lowest BCUT2D eigenvalue weighted by Crippen LogP contribution is -2.41. The Labute approximate surface area is 116 Å². The quantitative estimate of drug-likeness (QED) is 0.811. The second-order valence-corrected chi connectivity index (χ2v) is 4.92. The van der Waals surface area contributed by atoms with Gasteiger partial charge in [-0.05, 0) is 18.5 Å². The summed E-state index contributed by atoms with van der Waals surface area (Å²) in [6.07, 6.45) is 1.00. The Bertz CT molecular complexity index is 378. The second-order valence-electron chi connectivity index (χ2n) is 4.92. The van der Waals surface area contributed by atoms with Crippen LogP contribution in [0, 0.1) is 0 Å². The zero-order valence-corrected chi connectivity index (χ0v) is 12.2. The number of benzene rings is 1. The van der Waals surface area contributed by atoms with Gasteiger partial charge in [-0.3, -0.25) is 9.69 Å². The lowest BCUT2D eigenvalue weighted by Gasteiger charge is -2.31. The van der Waals surface area contributed by atoms with Gasteiger partial charge >= 0.3 is 0 Å². The number of carbonyl (C=O) groups is 1. The molecule has 0 bridgehead atoms. The molecule has 0 spiro atoms. The minimum Gasteiger partial charge on any atom is -0.348 e. The van der Waals surface area contributed by atoms with Gasteiger partial charge in [-0.25, -0.2) is 0 Å². The number of hydrogen-bond donors (Lipinski definition) is 1. The van der Waals surface area contributed by atoms with Crippen LogP contribution in [0.4, 0.5) is 0 Å². The van der Waals surface area contributed by atoms with E-state index in [0.29, 0.717) is 13.1 Å². The van der Waals surface area contributed by atoms with Crippen LogP contribution in [0.3, 0.4) is 0 Å². The summed E-state index contributed by atoms with van der Waals surface area (Å²) in [5.41, 5.74) is 7.09. The molecule has 1 atom stereocenters. The third kappa shape index (κ3) is 4.65. The summed E-state index contributed by atoms with van der Waals surface area (Å²) in [6.45, 7) is 3.92. The van der Waals surface area contributed by atoms with Crippen molar-refractivity contribution in [3.8, 4) is 0 Å². The molecule has 0 heterocycles. The normalized spacial score (nSPS) is 12.5. The first-order valence-corrected chi connectivity index (χ1v) is 6.79. The molecule has 0 saturated carbocycles. The van der Waals surface area contributed by atoms with Crippen LogP contribution in [0.5, 0.6) is 0 Å². The van der Waals surface area contributed by atoms with Crippen LogP contribution in [0.1, 0.15) is 24.9 Å². The van der Waals surface area contributed by atoms with Gasteiger partial charge in [0.2, 0.25) is 5.91 Å². The van der Waals surface area contributed by atoms with Gasteiger partial charge in [0.05, 0.1) is 6.54 Å². The Balaban J connectivity index is 2.86. The van der Waals surface area contributed by atoms with E-state index in [1.165, 1.54) is 5.56 Å². The molecule has 0 fully saturated rings. The molecule has 4 nitrogen and oxygen atoms in total. The average Bonchev–Trinajstić information content (AvgIpc) is 2.40. The molecule has 0 aliphatic carbocycles. The van der Waals surface area contributed by atoms with Gasteiger partial charge in [-0.1, -0.05) is 37.3 Å². The largest absolute Gasteiger partial charge is 0.348 e. The Morgan fingerprint density at radius 2 is 1.89 bits per heavy atom.